The van der Waals surface area contributed by atoms with Crippen LogP contribution in [0.15, 0.2) is 36.7 Å². The molecule has 0 amide bonds. The van der Waals surface area contributed by atoms with Crippen LogP contribution in [0.5, 0.6) is 5.75 Å². The highest BCUT2D eigenvalue weighted by atomic mass is 19.1. The number of phenolic OH excluding ortho intramolecular Hbond substituents is 1. The number of anilines is 1. The number of hydrogen-bond acceptors (Lipinski definition) is 3. The van der Waals surface area contributed by atoms with Crippen LogP contribution in [0.3, 0.4) is 0 Å². The van der Waals surface area contributed by atoms with E-state index in [9.17, 15) is 9.50 Å². The van der Waals surface area contributed by atoms with Gasteiger partial charge in [0.15, 0.2) is 5.82 Å². The van der Waals surface area contributed by atoms with Crippen molar-refractivity contribution in [3.8, 4) is 5.75 Å². The maximum absolute atomic E-state index is 13.8. The van der Waals surface area contributed by atoms with Crippen LogP contribution in [0, 0.1) is 5.82 Å². The van der Waals surface area contributed by atoms with Gasteiger partial charge in [0.1, 0.15) is 5.75 Å². The van der Waals surface area contributed by atoms with Gasteiger partial charge >= 0.3 is 0 Å². The van der Waals surface area contributed by atoms with Gasteiger partial charge in [-0.05, 0) is 42.2 Å². The van der Waals surface area contributed by atoms with E-state index in [0.29, 0.717) is 11.4 Å². The molecule has 1 aliphatic rings. The van der Waals surface area contributed by atoms with Gasteiger partial charge in [-0.3, -0.25) is 4.98 Å². The molecule has 0 saturated carbocycles. The molecule has 0 atom stereocenters. The second-order valence-corrected chi connectivity index (χ2v) is 4.77. The number of hydrogen-bond donors (Lipinski definition) is 1. The molecule has 0 spiro atoms. The van der Waals surface area contributed by atoms with E-state index in [-0.39, 0.29) is 5.82 Å². The van der Waals surface area contributed by atoms with Gasteiger partial charge in [0.05, 0.1) is 11.9 Å². The lowest BCUT2D eigenvalue weighted by Crippen LogP contribution is -2.26. The van der Waals surface area contributed by atoms with E-state index in [1.54, 1.807) is 18.3 Å². The Kier molecular flexibility index (Phi) is 3.07. The Balaban J connectivity index is 1.86. The predicted octanol–water partition coefficient (Wildman–Crippen LogP) is 2.53. The average molecular weight is 258 g/mol. The van der Waals surface area contributed by atoms with Gasteiger partial charge in [-0.1, -0.05) is 6.07 Å². The minimum atomic E-state index is -0.281. The molecule has 3 nitrogen and oxygen atoms in total. The van der Waals surface area contributed by atoms with Crippen LogP contribution in [0.4, 0.5) is 10.1 Å². The fraction of sp³-hybridized carbons (Fsp3) is 0.267. The van der Waals surface area contributed by atoms with Crippen LogP contribution >= 0.6 is 0 Å². The number of aromatic nitrogens is 1. The van der Waals surface area contributed by atoms with Gasteiger partial charge < -0.3 is 10.0 Å². The van der Waals surface area contributed by atoms with E-state index >= 15 is 0 Å². The first-order chi connectivity index (χ1) is 9.24. The van der Waals surface area contributed by atoms with Gasteiger partial charge in [-0.25, -0.2) is 4.39 Å². The lowest BCUT2D eigenvalue weighted by atomic mass is 10.0. The highest BCUT2D eigenvalue weighted by molar-refractivity contribution is 5.48. The van der Waals surface area contributed by atoms with E-state index < -0.39 is 0 Å². The minimum absolute atomic E-state index is 0.281. The Bertz CT molecular complexity index is 600. The van der Waals surface area contributed by atoms with E-state index in [4.69, 9.17) is 0 Å². The topological polar surface area (TPSA) is 36.4 Å². The first-order valence-electron chi connectivity index (χ1n) is 6.39. The standard InChI is InChI=1S/C15H15FN2O/c16-14-10-17-6-3-15(14)18-7-4-11-1-2-13(19)9-12(11)5-8-18/h1-3,6,9-10,19H,4-5,7-8H2. The molecule has 2 heterocycles. The second-order valence-electron chi connectivity index (χ2n) is 4.77. The van der Waals surface area contributed by atoms with Crippen molar-refractivity contribution >= 4 is 5.69 Å². The van der Waals surface area contributed by atoms with Gasteiger partial charge in [-0.2, -0.15) is 0 Å². The summed E-state index contributed by atoms with van der Waals surface area (Å²) >= 11 is 0. The molecule has 0 saturated heterocycles. The van der Waals surface area contributed by atoms with E-state index in [2.05, 4.69) is 4.98 Å². The maximum Gasteiger partial charge on any atom is 0.164 e. The van der Waals surface area contributed by atoms with Crippen LogP contribution < -0.4 is 4.90 Å². The van der Waals surface area contributed by atoms with Gasteiger partial charge in [-0.15, -0.1) is 0 Å². The molecule has 0 unspecified atom stereocenters. The van der Waals surface area contributed by atoms with Crippen LogP contribution in [0.25, 0.3) is 0 Å². The molecule has 19 heavy (non-hydrogen) atoms. The molecule has 0 bridgehead atoms. The third-order valence-electron chi connectivity index (χ3n) is 3.58. The zero-order chi connectivity index (χ0) is 13.2. The quantitative estimate of drug-likeness (QED) is 0.854. The minimum Gasteiger partial charge on any atom is -0.508 e. The lowest BCUT2D eigenvalue weighted by Gasteiger charge is -2.22. The number of benzene rings is 1. The lowest BCUT2D eigenvalue weighted by molar-refractivity contribution is 0.474. The molecule has 1 N–H and O–H groups in total. The van der Waals surface area contributed by atoms with E-state index in [1.165, 1.54) is 11.8 Å². The van der Waals surface area contributed by atoms with Crippen molar-refractivity contribution < 1.29 is 9.50 Å². The van der Waals surface area contributed by atoms with Gasteiger partial charge in [0, 0.05) is 19.3 Å². The van der Waals surface area contributed by atoms with Crippen LogP contribution in [-0.2, 0) is 12.8 Å². The molecule has 0 radical (unpaired) electrons. The summed E-state index contributed by atoms with van der Waals surface area (Å²) in [5.74, 6) is 0.0126. The third-order valence-corrected chi connectivity index (χ3v) is 3.58. The third kappa shape index (κ3) is 2.38. The SMILES string of the molecule is Oc1ccc2c(c1)CCN(c1ccncc1F)CC2. The molecule has 3 rings (SSSR count). The Hall–Kier alpha value is -2.10. The molecule has 1 aromatic heterocycles. The van der Waals surface area contributed by atoms with Crippen molar-refractivity contribution in [3.05, 3.63) is 53.6 Å². The number of phenols is 1. The van der Waals surface area contributed by atoms with E-state index in [0.717, 1.165) is 31.5 Å². The van der Waals surface area contributed by atoms with Crippen LogP contribution in [-0.4, -0.2) is 23.2 Å². The summed E-state index contributed by atoms with van der Waals surface area (Å²) in [7, 11) is 0. The fourth-order valence-corrected chi connectivity index (χ4v) is 2.58. The van der Waals surface area contributed by atoms with Crippen LogP contribution in [0.1, 0.15) is 11.1 Å². The number of rotatable bonds is 1. The van der Waals surface area contributed by atoms with E-state index in [1.807, 2.05) is 17.0 Å². The molecule has 2 aromatic rings. The van der Waals surface area contributed by atoms with Crippen LogP contribution in [0.2, 0.25) is 0 Å². The molecule has 1 aromatic carbocycles. The number of halogens is 1. The maximum atomic E-state index is 13.8. The largest absolute Gasteiger partial charge is 0.508 e. The Morgan fingerprint density at radius 1 is 1.11 bits per heavy atom. The Morgan fingerprint density at radius 3 is 2.68 bits per heavy atom. The smallest absolute Gasteiger partial charge is 0.164 e. The first-order valence-corrected chi connectivity index (χ1v) is 6.39. The number of fused-ring (bicyclic) bond motifs is 1. The van der Waals surface area contributed by atoms with Gasteiger partial charge in [0.2, 0.25) is 0 Å². The Labute approximate surface area is 111 Å². The molecular formula is C15H15FN2O. The Morgan fingerprint density at radius 2 is 1.89 bits per heavy atom. The molecule has 0 fully saturated rings. The number of aromatic hydroxyl groups is 1. The summed E-state index contributed by atoms with van der Waals surface area (Å²) in [5.41, 5.74) is 2.98. The highest BCUT2D eigenvalue weighted by Crippen LogP contribution is 2.24. The second kappa shape index (κ2) is 4.88. The summed E-state index contributed by atoms with van der Waals surface area (Å²) in [4.78, 5) is 5.82. The summed E-state index contributed by atoms with van der Waals surface area (Å²) < 4.78 is 13.8. The monoisotopic (exact) mass is 258 g/mol. The summed E-state index contributed by atoms with van der Waals surface area (Å²) in [6.07, 6.45) is 4.53. The molecule has 98 valence electrons. The zero-order valence-corrected chi connectivity index (χ0v) is 10.5. The molecule has 4 heteroatoms. The van der Waals surface area contributed by atoms with Crippen molar-refractivity contribution in [1.82, 2.24) is 4.98 Å². The normalized spacial score (nSPS) is 14.9. The van der Waals surface area contributed by atoms with Crippen molar-refractivity contribution in [3.63, 3.8) is 0 Å². The summed E-state index contributed by atoms with van der Waals surface area (Å²) in [6.45, 7) is 1.52. The molecule has 1 aliphatic heterocycles. The molecule has 0 aliphatic carbocycles. The summed E-state index contributed by atoms with van der Waals surface area (Å²) in [5, 5.41) is 9.53. The van der Waals surface area contributed by atoms with Gasteiger partial charge in [0.25, 0.3) is 0 Å². The highest BCUT2D eigenvalue weighted by Gasteiger charge is 2.17. The summed E-state index contributed by atoms with van der Waals surface area (Å²) in [6, 6.07) is 7.18. The van der Waals surface area contributed by atoms with Crippen molar-refractivity contribution in [2.75, 3.05) is 18.0 Å². The first kappa shape index (κ1) is 12.0. The average Bonchev–Trinajstić information content (AvgIpc) is 2.61. The number of nitrogens with zero attached hydrogens (tertiary/aromatic N) is 2. The van der Waals surface area contributed by atoms with Crippen molar-refractivity contribution in [1.29, 1.82) is 0 Å². The van der Waals surface area contributed by atoms with Crippen molar-refractivity contribution in [2.24, 2.45) is 0 Å². The fourth-order valence-electron chi connectivity index (χ4n) is 2.58. The number of pyridine rings is 1. The van der Waals surface area contributed by atoms with Crippen molar-refractivity contribution in [2.45, 2.75) is 12.8 Å². The molecular weight excluding hydrogens is 243 g/mol. The zero-order valence-electron chi connectivity index (χ0n) is 10.5. The predicted molar refractivity (Wildman–Crippen MR) is 71.9 cm³/mol.